The summed E-state index contributed by atoms with van der Waals surface area (Å²) in [6.07, 6.45) is 2.27. The van der Waals surface area contributed by atoms with Crippen LogP contribution in [0.5, 0.6) is 0 Å². The summed E-state index contributed by atoms with van der Waals surface area (Å²) in [4.78, 5) is 24.9. The second-order valence-corrected chi connectivity index (χ2v) is 6.84. The molecule has 1 atom stereocenters. The van der Waals surface area contributed by atoms with Crippen LogP contribution in [-0.2, 0) is 0 Å². The lowest BCUT2D eigenvalue weighted by atomic mass is 10.1. The van der Waals surface area contributed by atoms with Crippen LogP contribution >= 0.6 is 22.7 Å². The van der Waals surface area contributed by atoms with Crippen LogP contribution in [-0.4, -0.2) is 17.0 Å². The number of carboxylic acids is 1. The van der Waals surface area contributed by atoms with Gasteiger partial charge in [0.25, 0.3) is 5.91 Å². The maximum absolute atomic E-state index is 12.2. The second-order valence-electron chi connectivity index (χ2n) is 4.77. The zero-order valence-electron chi connectivity index (χ0n) is 10.5. The highest BCUT2D eigenvalue weighted by Crippen LogP contribution is 2.42. The Hall–Kier alpha value is -1.66. The summed E-state index contributed by atoms with van der Waals surface area (Å²) < 4.78 is 0. The highest BCUT2D eigenvalue weighted by atomic mass is 32.1. The summed E-state index contributed by atoms with van der Waals surface area (Å²) in [6, 6.07) is 7.11. The van der Waals surface area contributed by atoms with Gasteiger partial charge in [0, 0.05) is 4.88 Å². The quantitative estimate of drug-likeness (QED) is 0.890. The van der Waals surface area contributed by atoms with E-state index in [-0.39, 0.29) is 16.8 Å². The molecule has 0 saturated heterocycles. The molecule has 1 saturated carbocycles. The smallest absolute Gasteiger partial charge is 0.345 e. The number of carbonyl (C=O) groups is 2. The molecule has 6 heteroatoms. The molecule has 2 aromatic rings. The van der Waals surface area contributed by atoms with Crippen molar-refractivity contribution in [3.8, 4) is 0 Å². The number of rotatable bonds is 5. The largest absolute Gasteiger partial charge is 0.477 e. The fourth-order valence-corrected chi connectivity index (χ4v) is 3.72. The van der Waals surface area contributed by atoms with Crippen LogP contribution < -0.4 is 5.32 Å². The number of aromatic carboxylic acids is 1. The monoisotopic (exact) mass is 307 g/mol. The minimum atomic E-state index is -0.994. The van der Waals surface area contributed by atoms with E-state index in [1.165, 1.54) is 6.07 Å². The molecule has 0 spiro atoms. The maximum Gasteiger partial charge on any atom is 0.345 e. The molecule has 3 rings (SSSR count). The van der Waals surface area contributed by atoms with Gasteiger partial charge >= 0.3 is 5.97 Å². The van der Waals surface area contributed by atoms with E-state index in [1.807, 2.05) is 17.5 Å². The average Bonchev–Trinajstić information content (AvgIpc) is 2.95. The first-order chi connectivity index (χ1) is 9.65. The summed E-state index contributed by atoms with van der Waals surface area (Å²) in [5, 5.41) is 13.9. The van der Waals surface area contributed by atoms with E-state index in [2.05, 4.69) is 5.32 Å². The Morgan fingerprint density at radius 2 is 2.00 bits per heavy atom. The predicted octanol–water partition coefficient (Wildman–Crippen LogP) is 3.39. The SMILES string of the molecule is O=C(O)c1ccc(C(=O)NC(c2cccs2)C2CC2)s1. The third-order valence-corrected chi connectivity index (χ3v) is 5.30. The fraction of sp³-hybridized carbons (Fsp3) is 0.286. The number of amides is 1. The Morgan fingerprint density at radius 3 is 2.55 bits per heavy atom. The number of nitrogens with one attached hydrogen (secondary N) is 1. The van der Waals surface area contributed by atoms with Gasteiger partial charge in [-0.15, -0.1) is 22.7 Å². The number of hydrogen-bond donors (Lipinski definition) is 2. The van der Waals surface area contributed by atoms with Crippen molar-refractivity contribution in [2.45, 2.75) is 18.9 Å². The molecular weight excluding hydrogens is 294 g/mol. The topological polar surface area (TPSA) is 66.4 Å². The van der Waals surface area contributed by atoms with Gasteiger partial charge in [-0.25, -0.2) is 4.79 Å². The molecule has 104 valence electrons. The predicted molar refractivity (Wildman–Crippen MR) is 78.5 cm³/mol. The number of carboxylic acid groups (broad SMARTS) is 1. The highest BCUT2D eigenvalue weighted by molar-refractivity contribution is 7.15. The van der Waals surface area contributed by atoms with E-state index >= 15 is 0 Å². The van der Waals surface area contributed by atoms with E-state index in [0.717, 1.165) is 29.1 Å². The molecule has 1 fully saturated rings. The molecule has 2 aromatic heterocycles. The van der Waals surface area contributed by atoms with Gasteiger partial charge in [0.05, 0.1) is 10.9 Å². The molecule has 4 nitrogen and oxygen atoms in total. The van der Waals surface area contributed by atoms with Gasteiger partial charge in [-0.3, -0.25) is 4.79 Å². The Balaban J connectivity index is 1.74. The zero-order chi connectivity index (χ0) is 14.1. The van der Waals surface area contributed by atoms with Crippen molar-refractivity contribution in [3.05, 3.63) is 44.3 Å². The Morgan fingerprint density at radius 1 is 1.25 bits per heavy atom. The third kappa shape index (κ3) is 2.76. The molecule has 2 N–H and O–H groups in total. The molecule has 0 aliphatic heterocycles. The highest BCUT2D eigenvalue weighted by Gasteiger charge is 2.34. The van der Waals surface area contributed by atoms with Gasteiger partial charge in [0.2, 0.25) is 0 Å². The number of thiophene rings is 2. The molecule has 0 radical (unpaired) electrons. The molecule has 2 heterocycles. The van der Waals surface area contributed by atoms with Gasteiger partial charge in [0.15, 0.2) is 0 Å². The van der Waals surface area contributed by atoms with Gasteiger partial charge in [0.1, 0.15) is 4.88 Å². The van der Waals surface area contributed by atoms with Crippen LogP contribution in [0.25, 0.3) is 0 Å². The van der Waals surface area contributed by atoms with Crippen LogP contribution in [0.15, 0.2) is 29.6 Å². The first-order valence-corrected chi connectivity index (χ1v) is 8.02. The number of hydrogen-bond acceptors (Lipinski definition) is 4. The van der Waals surface area contributed by atoms with Crippen LogP contribution in [0, 0.1) is 5.92 Å². The molecule has 1 aliphatic carbocycles. The maximum atomic E-state index is 12.2. The fourth-order valence-electron chi connectivity index (χ4n) is 2.11. The number of carbonyl (C=O) groups excluding carboxylic acids is 1. The van der Waals surface area contributed by atoms with Crippen molar-refractivity contribution < 1.29 is 14.7 Å². The molecule has 0 bridgehead atoms. The zero-order valence-corrected chi connectivity index (χ0v) is 12.2. The Labute approximate surface area is 124 Å². The van der Waals surface area contributed by atoms with Crippen LogP contribution in [0.1, 0.15) is 43.1 Å². The molecule has 20 heavy (non-hydrogen) atoms. The van der Waals surface area contributed by atoms with Crippen molar-refractivity contribution in [1.29, 1.82) is 0 Å². The average molecular weight is 307 g/mol. The van der Waals surface area contributed by atoms with E-state index in [9.17, 15) is 9.59 Å². The van der Waals surface area contributed by atoms with Gasteiger partial charge in [-0.1, -0.05) is 6.07 Å². The standard InChI is InChI=1S/C14H13NO3S2/c16-13(10-5-6-11(20-10)14(17)18)15-12(8-3-4-8)9-2-1-7-19-9/h1-2,5-8,12H,3-4H2,(H,15,16)(H,17,18). The molecular formula is C14H13NO3S2. The minimum absolute atomic E-state index is 0.0536. The second kappa shape index (κ2) is 5.38. The summed E-state index contributed by atoms with van der Waals surface area (Å²) in [5.74, 6) is -0.671. The first-order valence-electron chi connectivity index (χ1n) is 6.32. The van der Waals surface area contributed by atoms with E-state index < -0.39 is 5.97 Å². The van der Waals surface area contributed by atoms with Crippen LogP contribution in [0.4, 0.5) is 0 Å². The van der Waals surface area contributed by atoms with Crippen LogP contribution in [0.2, 0.25) is 0 Å². The summed E-state index contributed by atoms with van der Waals surface area (Å²) in [6.45, 7) is 0. The first kappa shape index (κ1) is 13.3. The van der Waals surface area contributed by atoms with Gasteiger partial charge in [-0.2, -0.15) is 0 Å². The molecule has 1 aliphatic rings. The van der Waals surface area contributed by atoms with E-state index in [1.54, 1.807) is 17.4 Å². The van der Waals surface area contributed by atoms with Crippen molar-refractivity contribution in [1.82, 2.24) is 5.32 Å². The van der Waals surface area contributed by atoms with Gasteiger partial charge < -0.3 is 10.4 Å². The normalized spacial score (nSPS) is 15.8. The van der Waals surface area contributed by atoms with Crippen LogP contribution in [0.3, 0.4) is 0 Å². The van der Waals surface area contributed by atoms with Crippen molar-refractivity contribution in [2.75, 3.05) is 0 Å². The lowest BCUT2D eigenvalue weighted by Crippen LogP contribution is -2.28. The minimum Gasteiger partial charge on any atom is -0.477 e. The lowest BCUT2D eigenvalue weighted by molar-refractivity contribution is 0.0702. The molecule has 0 aromatic carbocycles. The molecule has 1 amide bonds. The van der Waals surface area contributed by atoms with Crippen molar-refractivity contribution in [2.24, 2.45) is 5.92 Å². The van der Waals surface area contributed by atoms with E-state index in [4.69, 9.17) is 5.11 Å². The Kier molecular flexibility index (Phi) is 3.58. The third-order valence-electron chi connectivity index (χ3n) is 3.27. The summed E-state index contributed by atoms with van der Waals surface area (Å²) in [5.41, 5.74) is 0. The summed E-state index contributed by atoms with van der Waals surface area (Å²) >= 11 is 2.65. The molecule has 1 unspecified atom stereocenters. The lowest BCUT2D eigenvalue weighted by Gasteiger charge is -2.16. The van der Waals surface area contributed by atoms with E-state index in [0.29, 0.717) is 10.8 Å². The Bertz CT molecular complexity index is 629. The van der Waals surface area contributed by atoms with Crippen molar-refractivity contribution in [3.63, 3.8) is 0 Å². The summed E-state index contributed by atoms with van der Waals surface area (Å²) in [7, 11) is 0. The van der Waals surface area contributed by atoms with Gasteiger partial charge in [-0.05, 0) is 42.3 Å². The van der Waals surface area contributed by atoms with Crippen molar-refractivity contribution >= 4 is 34.6 Å².